The SMILES string of the molecule is C.CN1CCC(N(C)C)C1. The van der Waals surface area contributed by atoms with Gasteiger partial charge >= 0.3 is 0 Å². The smallest absolute Gasteiger partial charge is 0.0229 e. The fourth-order valence-electron chi connectivity index (χ4n) is 1.33. The van der Waals surface area contributed by atoms with E-state index in [1.54, 1.807) is 0 Å². The van der Waals surface area contributed by atoms with Crippen molar-refractivity contribution >= 4 is 0 Å². The summed E-state index contributed by atoms with van der Waals surface area (Å²) >= 11 is 0. The van der Waals surface area contributed by atoms with Gasteiger partial charge in [0.1, 0.15) is 0 Å². The van der Waals surface area contributed by atoms with Gasteiger partial charge in [-0.25, -0.2) is 0 Å². The van der Waals surface area contributed by atoms with E-state index in [1.165, 1.54) is 19.5 Å². The molecular weight excluding hydrogens is 124 g/mol. The van der Waals surface area contributed by atoms with Crippen molar-refractivity contribution in [3.8, 4) is 0 Å². The van der Waals surface area contributed by atoms with Gasteiger partial charge in [-0.1, -0.05) is 7.43 Å². The molecule has 1 saturated heterocycles. The minimum absolute atomic E-state index is 0. The van der Waals surface area contributed by atoms with Crippen LogP contribution in [0.2, 0.25) is 0 Å². The predicted octanol–water partition coefficient (Wildman–Crippen LogP) is 0.888. The molecule has 10 heavy (non-hydrogen) atoms. The Labute approximate surface area is 64.8 Å². The summed E-state index contributed by atoms with van der Waals surface area (Å²) in [5, 5.41) is 0. The second-order valence-electron chi connectivity index (χ2n) is 3.17. The van der Waals surface area contributed by atoms with Gasteiger partial charge in [-0.2, -0.15) is 0 Å². The molecule has 62 valence electrons. The lowest BCUT2D eigenvalue weighted by atomic mass is 10.2. The lowest BCUT2D eigenvalue weighted by Crippen LogP contribution is -2.30. The second kappa shape index (κ2) is 3.94. The van der Waals surface area contributed by atoms with Gasteiger partial charge in [0, 0.05) is 12.6 Å². The lowest BCUT2D eigenvalue weighted by molar-refractivity contribution is 0.288. The van der Waals surface area contributed by atoms with E-state index in [4.69, 9.17) is 0 Å². The highest BCUT2D eigenvalue weighted by molar-refractivity contribution is 4.77. The largest absolute Gasteiger partial charge is 0.305 e. The standard InChI is InChI=1S/C7H16N2.CH4/c1-8(2)7-4-5-9(3)6-7;/h7H,4-6H2,1-3H3;1H4. The molecule has 1 unspecified atom stereocenters. The Balaban J connectivity index is 0.000000810. The highest BCUT2D eigenvalue weighted by Crippen LogP contribution is 2.09. The normalized spacial score (nSPS) is 27.0. The molecule has 1 atom stereocenters. The quantitative estimate of drug-likeness (QED) is 0.539. The maximum absolute atomic E-state index is 2.38. The zero-order valence-electron chi connectivity index (χ0n) is 6.59. The highest BCUT2D eigenvalue weighted by Gasteiger charge is 2.20. The maximum atomic E-state index is 2.38. The van der Waals surface area contributed by atoms with E-state index in [-0.39, 0.29) is 7.43 Å². The topological polar surface area (TPSA) is 6.48 Å². The lowest BCUT2D eigenvalue weighted by Gasteiger charge is -2.17. The summed E-state index contributed by atoms with van der Waals surface area (Å²) < 4.78 is 0. The van der Waals surface area contributed by atoms with Gasteiger partial charge in [-0.3, -0.25) is 0 Å². The van der Waals surface area contributed by atoms with Crippen molar-refractivity contribution in [1.29, 1.82) is 0 Å². The Kier molecular flexibility index (Phi) is 3.91. The van der Waals surface area contributed by atoms with Gasteiger partial charge in [0.2, 0.25) is 0 Å². The first kappa shape index (κ1) is 9.92. The third kappa shape index (κ3) is 2.27. The zero-order chi connectivity index (χ0) is 6.85. The van der Waals surface area contributed by atoms with Gasteiger partial charge in [0.25, 0.3) is 0 Å². The number of likely N-dealkylation sites (tertiary alicyclic amines) is 1. The van der Waals surface area contributed by atoms with Crippen LogP contribution in [0.1, 0.15) is 13.8 Å². The molecular formula is C8H20N2. The monoisotopic (exact) mass is 144 g/mol. The van der Waals surface area contributed by atoms with Crippen LogP contribution in [0.4, 0.5) is 0 Å². The Hall–Kier alpha value is -0.0800. The average Bonchev–Trinajstić information content (AvgIpc) is 2.14. The van der Waals surface area contributed by atoms with Crippen LogP contribution in [0, 0.1) is 0 Å². The minimum Gasteiger partial charge on any atom is -0.305 e. The zero-order valence-corrected chi connectivity index (χ0v) is 6.59. The van der Waals surface area contributed by atoms with Crippen molar-refractivity contribution in [1.82, 2.24) is 9.80 Å². The van der Waals surface area contributed by atoms with Crippen molar-refractivity contribution in [3.63, 3.8) is 0 Å². The molecule has 1 aliphatic heterocycles. The van der Waals surface area contributed by atoms with E-state index in [0.29, 0.717) is 0 Å². The van der Waals surface area contributed by atoms with E-state index < -0.39 is 0 Å². The number of likely N-dealkylation sites (N-methyl/N-ethyl adjacent to an activating group) is 2. The molecule has 1 heterocycles. The third-order valence-corrected chi connectivity index (χ3v) is 2.10. The van der Waals surface area contributed by atoms with Crippen LogP contribution < -0.4 is 0 Å². The molecule has 0 spiro atoms. The summed E-state index contributed by atoms with van der Waals surface area (Å²) in [5.41, 5.74) is 0. The van der Waals surface area contributed by atoms with Crippen molar-refractivity contribution < 1.29 is 0 Å². The fraction of sp³-hybridized carbons (Fsp3) is 1.00. The highest BCUT2D eigenvalue weighted by atomic mass is 15.2. The molecule has 1 rings (SSSR count). The first-order chi connectivity index (χ1) is 4.20. The molecule has 0 aromatic rings. The van der Waals surface area contributed by atoms with Crippen molar-refractivity contribution in [2.45, 2.75) is 19.9 Å². The van der Waals surface area contributed by atoms with Gasteiger partial charge in [0.05, 0.1) is 0 Å². The van der Waals surface area contributed by atoms with Crippen LogP contribution in [0.25, 0.3) is 0 Å². The van der Waals surface area contributed by atoms with Gasteiger partial charge in [0.15, 0.2) is 0 Å². The summed E-state index contributed by atoms with van der Waals surface area (Å²) in [5.74, 6) is 0. The second-order valence-corrected chi connectivity index (χ2v) is 3.17. The molecule has 0 N–H and O–H groups in total. The van der Waals surface area contributed by atoms with Crippen molar-refractivity contribution in [2.24, 2.45) is 0 Å². The van der Waals surface area contributed by atoms with Gasteiger partial charge < -0.3 is 9.80 Å². The van der Waals surface area contributed by atoms with E-state index in [0.717, 1.165) is 6.04 Å². The van der Waals surface area contributed by atoms with Crippen LogP contribution in [-0.2, 0) is 0 Å². The molecule has 2 heteroatoms. The third-order valence-electron chi connectivity index (χ3n) is 2.10. The van der Waals surface area contributed by atoms with Crippen LogP contribution in [0.15, 0.2) is 0 Å². The van der Waals surface area contributed by atoms with Crippen molar-refractivity contribution in [2.75, 3.05) is 34.2 Å². The van der Waals surface area contributed by atoms with Crippen molar-refractivity contribution in [3.05, 3.63) is 0 Å². The van der Waals surface area contributed by atoms with E-state index in [1.807, 2.05) is 0 Å². The molecule has 0 aromatic carbocycles. The summed E-state index contributed by atoms with van der Waals surface area (Å²) in [6, 6.07) is 0.801. The molecule has 0 bridgehead atoms. The van der Waals surface area contributed by atoms with Crippen LogP contribution in [-0.4, -0.2) is 50.1 Å². The number of nitrogens with zero attached hydrogens (tertiary/aromatic N) is 2. The average molecular weight is 144 g/mol. The van der Waals surface area contributed by atoms with E-state index >= 15 is 0 Å². The Morgan fingerprint density at radius 3 is 2.20 bits per heavy atom. The first-order valence-corrected chi connectivity index (χ1v) is 3.55. The van der Waals surface area contributed by atoms with Crippen LogP contribution in [0.3, 0.4) is 0 Å². The molecule has 0 aromatic heterocycles. The summed E-state index contributed by atoms with van der Waals surface area (Å²) in [6.45, 7) is 2.51. The molecule has 1 fully saturated rings. The maximum Gasteiger partial charge on any atom is 0.0229 e. The molecule has 0 aliphatic carbocycles. The molecule has 2 nitrogen and oxygen atoms in total. The van der Waals surface area contributed by atoms with E-state index in [9.17, 15) is 0 Å². The minimum atomic E-state index is 0. The van der Waals surface area contributed by atoms with Gasteiger partial charge in [-0.15, -0.1) is 0 Å². The number of hydrogen-bond donors (Lipinski definition) is 0. The molecule has 1 aliphatic rings. The Morgan fingerprint density at radius 2 is 2.00 bits per heavy atom. The van der Waals surface area contributed by atoms with E-state index in [2.05, 4.69) is 30.9 Å². The summed E-state index contributed by atoms with van der Waals surface area (Å²) in [7, 11) is 6.50. The number of hydrogen-bond acceptors (Lipinski definition) is 2. The summed E-state index contributed by atoms with van der Waals surface area (Å²) in [6.07, 6.45) is 1.34. The van der Waals surface area contributed by atoms with Crippen LogP contribution in [0.5, 0.6) is 0 Å². The fourth-order valence-corrected chi connectivity index (χ4v) is 1.33. The molecule has 0 amide bonds. The molecule has 0 saturated carbocycles. The molecule has 0 radical (unpaired) electrons. The Bertz CT molecular complexity index is 91.3. The Morgan fingerprint density at radius 1 is 1.40 bits per heavy atom. The van der Waals surface area contributed by atoms with Crippen LogP contribution >= 0.6 is 0 Å². The predicted molar refractivity (Wildman–Crippen MR) is 46.3 cm³/mol. The summed E-state index contributed by atoms with van der Waals surface area (Å²) in [4.78, 5) is 4.69. The number of rotatable bonds is 1. The first-order valence-electron chi connectivity index (χ1n) is 3.55. The van der Waals surface area contributed by atoms with Gasteiger partial charge in [-0.05, 0) is 34.1 Å².